The van der Waals surface area contributed by atoms with E-state index in [1.54, 1.807) is 0 Å². The van der Waals surface area contributed by atoms with Gasteiger partial charge >= 0.3 is 0 Å². The van der Waals surface area contributed by atoms with Gasteiger partial charge in [0, 0.05) is 13.2 Å². The Kier molecular flexibility index (Phi) is 3.28. The van der Waals surface area contributed by atoms with Crippen molar-refractivity contribution in [3.8, 4) is 6.07 Å². The summed E-state index contributed by atoms with van der Waals surface area (Å²) in [7, 11) is 0. The van der Waals surface area contributed by atoms with Crippen molar-refractivity contribution >= 4 is 0 Å². The molecule has 3 nitrogen and oxygen atoms in total. The van der Waals surface area contributed by atoms with E-state index in [1.165, 1.54) is 12.8 Å². The molecule has 1 saturated heterocycles. The maximum Gasteiger partial charge on any atom is 0.0878 e. The molecule has 1 aliphatic heterocycles. The summed E-state index contributed by atoms with van der Waals surface area (Å²) in [5.41, 5.74) is -0.521. The lowest BCUT2D eigenvalue weighted by atomic mass is 9.71. The molecule has 15 heavy (non-hydrogen) atoms. The number of hydrogen-bond acceptors (Lipinski definition) is 3. The molecule has 0 radical (unpaired) electrons. The van der Waals surface area contributed by atoms with Gasteiger partial charge in [-0.3, -0.25) is 0 Å². The molecular weight excluding hydrogens is 190 g/mol. The molecule has 2 aliphatic rings. The van der Waals surface area contributed by atoms with Crippen LogP contribution in [0.4, 0.5) is 0 Å². The Morgan fingerprint density at radius 3 is 2.40 bits per heavy atom. The summed E-state index contributed by atoms with van der Waals surface area (Å²) in [6, 6.07) is 2.36. The molecule has 0 aromatic heterocycles. The van der Waals surface area contributed by atoms with Crippen LogP contribution in [0.1, 0.15) is 38.5 Å². The fourth-order valence-corrected chi connectivity index (χ4v) is 2.93. The minimum absolute atomic E-state index is 0.350. The molecule has 1 heterocycles. The van der Waals surface area contributed by atoms with Gasteiger partial charge in [-0.1, -0.05) is 12.8 Å². The second-order valence-electron chi connectivity index (χ2n) is 4.87. The largest absolute Gasteiger partial charge is 0.391 e. The van der Waals surface area contributed by atoms with E-state index in [0.717, 1.165) is 12.8 Å². The average Bonchev–Trinajstić information content (AvgIpc) is 2.82. The molecule has 1 N–H and O–H groups in total. The molecular formula is C12H19NO2. The van der Waals surface area contributed by atoms with Crippen LogP contribution in [0.3, 0.4) is 0 Å². The van der Waals surface area contributed by atoms with Gasteiger partial charge in [-0.05, 0) is 31.6 Å². The highest BCUT2D eigenvalue weighted by atomic mass is 16.5. The van der Waals surface area contributed by atoms with E-state index in [0.29, 0.717) is 32.0 Å². The monoisotopic (exact) mass is 209 g/mol. The fraction of sp³-hybridized carbons (Fsp3) is 0.917. The first-order chi connectivity index (χ1) is 7.28. The maximum atomic E-state index is 10.3. The van der Waals surface area contributed by atoms with Crippen molar-refractivity contribution in [3.05, 3.63) is 0 Å². The van der Waals surface area contributed by atoms with Gasteiger partial charge in [0.05, 0.1) is 17.6 Å². The van der Waals surface area contributed by atoms with Gasteiger partial charge in [-0.2, -0.15) is 5.26 Å². The summed E-state index contributed by atoms with van der Waals surface area (Å²) in [4.78, 5) is 0. The van der Waals surface area contributed by atoms with E-state index in [4.69, 9.17) is 4.74 Å². The SMILES string of the molecule is N#CC1(C(O)C2CCCC2)CCOCC1. The Balaban J connectivity index is 2.07. The first-order valence-electron chi connectivity index (χ1n) is 5.95. The average molecular weight is 209 g/mol. The molecule has 0 amide bonds. The van der Waals surface area contributed by atoms with Crippen molar-refractivity contribution in [2.45, 2.75) is 44.6 Å². The Labute approximate surface area is 91.0 Å². The third-order valence-electron chi connectivity index (χ3n) is 4.02. The molecule has 1 aliphatic carbocycles. The zero-order valence-electron chi connectivity index (χ0n) is 9.11. The van der Waals surface area contributed by atoms with Crippen LogP contribution in [0.25, 0.3) is 0 Å². The van der Waals surface area contributed by atoms with Gasteiger partial charge in [0.2, 0.25) is 0 Å². The van der Waals surface area contributed by atoms with Crippen molar-refractivity contribution in [3.63, 3.8) is 0 Å². The lowest BCUT2D eigenvalue weighted by Gasteiger charge is -2.37. The molecule has 2 fully saturated rings. The first kappa shape index (κ1) is 10.9. The van der Waals surface area contributed by atoms with E-state index < -0.39 is 11.5 Å². The van der Waals surface area contributed by atoms with Crippen molar-refractivity contribution in [1.29, 1.82) is 5.26 Å². The zero-order valence-corrected chi connectivity index (χ0v) is 9.11. The van der Waals surface area contributed by atoms with Crippen LogP contribution in [0, 0.1) is 22.7 Å². The number of ether oxygens (including phenoxy) is 1. The summed E-state index contributed by atoms with van der Waals surface area (Å²) in [6.45, 7) is 1.24. The second-order valence-corrected chi connectivity index (χ2v) is 4.87. The maximum absolute atomic E-state index is 10.3. The standard InChI is InChI=1S/C12H19NO2/c13-9-12(5-7-15-8-6-12)11(14)10-3-1-2-4-10/h10-11,14H,1-8H2. The first-order valence-corrected chi connectivity index (χ1v) is 5.95. The number of hydrogen-bond donors (Lipinski definition) is 1. The Morgan fingerprint density at radius 1 is 1.27 bits per heavy atom. The van der Waals surface area contributed by atoms with Gasteiger partial charge in [-0.25, -0.2) is 0 Å². The molecule has 0 aromatic rings. The molecule has 1 unspecified atom stereocenters. The third-order valence-corrected chi connectivity index (χ3v) is 4.02. The molecule has 3 heteroatoms. The third kappa shape index (κ3) is 2.02. The van der Waals surface area contributed by atoms with E-state index in [9.17, 15) is 10.4 Å². The number of aliphatic hydroxyl groups excluding tert-OH is 1. The van der Waals surface area contributed by atoms with Crippen LogP contribution in [0.15, 0.2) is 0 Å². The zero-order chi connectivity index (χ0) is 10.7. The minimum atomic E-state index is -0.521. The lowest BCUT2D eigenvalue weighted by Crippen LogP contribution is -2.42. The smallest absolute Gasteiger partial charge is 0.0878 e. The van der Waals surface area contributed by atoms with Crippen LogP contribution >= 0.6 is 0 Å². The van der Waals surface area contributed by atoms with E-state index in [1.807, 2.05) is 0 Å². The highest BCUT2D eigenvalue weighted by molar-refractivity contribution is 5.06. The number of rotatable bonds is 2. The molecule has 2 rings (SSSR count). The van der Waals surface area contributed by atoms with Gasteiger partial charge in [0.1, 0.15) is 0 Å². The second kappa shape index (κ2) is 4.51. The topological polar surface area (TPSA) is 53.2 Å². The van der Waals surface area contributed by atoms with Crippen molar-refractivity contribution in [2.75, 3.05) is 13.2 Å². The Morgan fingerprint density at radius 2 is 1.87 bits per heavy atom. The van der Waals surface area contributed by atoms with Gasteiger partial charge in [0.25, 0.3) is 0 Å². The lowest BCUT2D eigenvalue weighted by molar-refractivity contribution is -0.0532. The van der Waals surface area contributed by atoms with Gasteiger partial charge in [-0.15, -0.1) is 0 Å². The number of nitriles is 1. The van der Waals surface area contributed by atoms with E-state index in [2.05, 4.69) is 6.07 Å². The summed E-state index contributed by atoms with van der Waals surface area (Å²) in [5.74, 6) is 0.350. The Hall–Kier alpha value is -0.590. The highest BCUT2D eigenvalue weighted by Crippen LogP contribution is 2.41. The summed E-state index contributed by atoms with van der Waals surface area (Å²) in [5, 5.41) is 19.7. The minimum Gasteiger partial charge on any atom is -0.391 e. The molecule has 1 saturated carbocycles. The van der Waals surface area contributed by atoms with Crippen LogP contribution in [-0.4, -0.2) is 24.4 Å². The molecule has 0 aromatic carbocycles. The predicted molar refractivity (Wildman–Crippen MR) is 56.1 cm³/mol. The molecule has 0 bridgehead atoms. The molecule has 1 atom stereocenters. The van der Waals surface area contributed by atoms with Crippen molar-refractivity contribution in [1.82, 2.24) is 0 Å². The Bertz CT molecular complexity index is 247. The van der Waals surface area contributed by atoms with Crippen LogP contribution in [-0.2, 0) is 4.74 Å². The summed E-state index contributed by atoms with van der Waals surface area (Å²) in [6.07, 6.45) is 5.55. The van der Waals surface area contributed by atoms with Crippen LogP contribution in [0.2, 0.25) is 0 Å². The van der Waals surface area contributed by atoms with Crippen molar-refractivity contribution in [2.24, 2.45) is 11.3 Å². The number of nitrogens with zero attached hydrogens (tertiary/aromatic N) is 1. The van der Waals surface area contributed by atoms with Gasteiger partial charge < -0.3 is 9.84 Å². The summed E-state index contributed by atoms with van der Waals surface area (Å²) < 4.78 is 5.28. The highest BCUT2D eigenvalue weighted by Gasteiger charge is 2.44. The quantitative estimate of drug-likeness (QED) is 0.755. The van der Waals surface area contributed by atoms with Crippen molar-refractivity contribution < 1.29 is 9.84 Å². The van der Waals surface area contributed by atoms with Gasteiger partial charge in [0.15, 0.2) is 0 Å². The molecule has 0 spiro atoms. The van der Waals surface area contributed by atoms with E-state index in [-0.39, 0.29) is 0 Å². The molecule has 84 valence electrons. The van der Waals surface area contributed by atoms with Crippen LogP contribution < -0.4 is 0 Å². The summed E-state index contributed by atoms with van der Waals surface area (Å²) >= 11 is 0. The normalized spacial score (nSPS) is 28.5. The number of aliphatic hydroxyl groups is 1. The predicted octanol–water partition coefficient (Wildman–Crippen LogP) is 1.86. The van der Waals surface area contributed by atoms with Crippen LogP contribution in [0.5, 0.6) is 0 Å². The van der Waals surface area contributed by atoms with E-state index >= 15 is 0 Å². The fourth-order valence-electron chi connectivity index (χ4n) is 2.93.